The van der Waals surface area contributed by atoms with Crippen LogP contribution in [0.4, 0.5) is 5.95 Å². The molecular weight excluding hydrogens is 274 g/mol. The monoisotopic (exact) mass is 291 g/mol. The van der Waals surface area contributed by atoms with Crippen LogP contribution in [0.2, 0.25) is 0 Å². The molecule has 8 heteroatoms. The smallest absolute Gasteiger partial charge is 0.280 e. The molecule has 2 saturated heterocycles. The molecule has 0 amide bonds. The highest BCUT2D eigenvalue weighted by Gasteiger charge is 2.58. The number of nitrogens with zero attached hydrogens (tertiary/aromatic N) is 3. The third kappa shape index (κ3) is 1.54. The lowest BCUT2D eigenvalue weighted by Gasteiger charge is -2.30. The molecule has 2 aromatic heterocycles. The van der Waals surface area contributed by atoms with Crippen LogP contribution in [0.5, 0.6) is 0 Å². The minimum absolute atomic E-state index is 0.0651. The van der Waals surface area contributed by atoms with Gasteiger partial charge in [-0.15, -0.1) is 0 Å². The molecule has 2 aliphatic rings. The maximum Gasteiger partial charge on any atom is 0.280 e. The first kappa shape index (κ1) is 12.8. The van der Waals surface area contributed by atoms with Crippen molar-refractivity contribution in [2.75, 3.05) is 12.3 Å². The van der Waals surface area contributed by atoms with Gasteiger partial charge in [0.2, 0.25) is 5.95 Å². The molecular formula is C13H17N5O3. The summed E-state index contributed by atoms with van der Waals surface area (Å²) in [6.07, 6.45) is 2.05. The van der Waals surface area contributed by atoms with E-state index in [4.69, 9.17) is 15.2 Å². The van der Waals surface area contributed by atoms with Crippen molar-refractivity contribution in [2.24, 2.45) is 5.92 Å². The topological polar surface area (TPSA) is 108 Å². The average molecular weight is 291 g/mol. The number of hydrogen-bond donors (Lipinski definition) is 2. The van der Waals surface area contributed by atoms with Crippen molar-refractivity contribution < 1.29 is 9.47 Å². The van der Waals surface area contributed by atoms with Crippen LogP contribution in [0.1, 0.15) is 26.5 Å². The van der Waals surface area contributed by atoms with Crippen molar-refractivity contribution >= 4 is 17.1 Å². The maximum atomic E-state index is 11.8. The van der Waals surface area contributed by atoms with E-state index in [1.165, 1.54) is 0 Å². The lowest BCUT2D eigenvalue weighted by atomic mass is 9.88. The summed E-state index contributed by atoms with van der Waals surface area (Å²) < 4.78 is 13.9. The van der Waals surface area contributed by atoms with Gasteiger partial charge in [0.1, 0.15) is 6.10 Å². The molecule has 4 heterocycles. The van der Waals surface area contributed by atoms with Crippen LogP contribution >= 0.6 is 0 Å². The number of ether oxygens (including phenoxy) is 2. The lowest BCUT2D eigenvalue weighted by Crippen LogP contribution is -2.36. The molecule has 0 saturated carbocycles. The number of fused-ring (bicyclic) bond motifs is 3. The first-order valence-corrected chi connectivity index (χ1v) is 7.07. The predicted octanol–water partition coefficient (Wildman–Crippen LogP) is 0.414. The second-order valence-electron chi connectivity index (χ2n) is 5.77. The number of nitrogens with two attached hydrogens (primary N) is 1. The Balaban J connectivity index is 1.84. The van der Waals surface area contributed by atoms with Gasteiger partial charge in [-0.25, -0.2) is 4.98 Å². The standard InChI is InChI=1S/C13H17N5O3/c1-3-13-4-20-8(6(13)2)11(21-13)18-5-15-7-9(18)16-12(14)17-10(7)19/h5-6,8,11H,3-4H2,1-2H3,(H3,14,16,17,19)/t6-,8?,11-,13+/m1/s1. The van der Waals surface area contributed by atoms with E-state index < -0.39 is 0 Å². The number of nitrogens with one attached hydrogen (secondary N) is 1. The fourth-order valence-corrected chi connectivity index (χ4v) is 3.44. The van der Waals surface area contributed by atoms with Crippen molar-refractivity contribution in [1.82, 2.24) is 19.5 Å². The van der Waals surface area contributed by atoms with Gasteiger partial charge in [-0.05, 0) is 6.42 Å². The van der Waals surface area contributed by atoms with Crippen LogP contribution in [-0.4, -0.2) is 37.8 Å². The zero-order chi connectivity index (χ0) is 14.8. The molecule has 112 valence electrons. The van der Waals surface area contributed by atoms with Gasteiger partial charge < -0.3 is 15.2 Å². The quantitative estimate of drug-likeness (QED) is 0.830. The summed E-state index contributed by atoms with van der Waals surface area (Å²) in [6.45, 7) is 4.83. The molecule has 2 aromatic rings. The van der Waals surface area contributed by atoms with Crippen molar-refractivity contribution in [3.63, 3.8) is 0 Å². The first-order valence-electron chi connectivity index (χ1n) is 7.07. The Bertz CT molecular complexity index is 769. The summed E-state index contributed by atoms with van der Waals surface area (Å²) in [6, 6.07) is 0. The number of rotatable bonds is 2. The average Bonchev–Trinajstić information content (AvgIpc) is 3.09. The van der Waals surface area contributed by atoms with Gasteiger partial charge >= 0.3 is 0 Å². The summed E-state index contributed by atoms with van der Waals surface area (Å²) in [4.78, 5) is 22.6. The molecule has 3 N–H and O–H groups in total. The highest BCUT2D eigenvalue weighted by molar-refractivity contribution is 5.70. The Labute approximate surface area is 120 Å². The summed E-state index contributed by atoms with van der Waals surface area (Å²) >= 11 is 0. The molecule has 0 spiro atoms. The number of aromatic nitrogens is 4. The lowest BCUT2D eigenvalue weighted by molar-refractivity contribution is -0.172. The fraction of sp³-hybridized carbons (Fsp3) is 0.615. The van der Waals surface area contributed by atoms with Gasteiger partial charge in [0.25, 0.3) is 5.56 Å². The van der Waals surface area contributed by atoms with Crippen molar-refractivity contribution in [3.05, 3.63) is 16.7 Å². The molecule has 1 unspecified atom stereocenters. The highest BCUT2D eigenvalue weighted by atomic mass is 16.6. The molecule has 2 fully saturated rings. The van der Waals surface area contributed by atoms with E-state index >= 15 is 0 Å². The van der Waals surface area contributed by atoms with Gasteiger partial charge in [0.05, 0.1) is 18.5 Å². The van der Waals surface area contributed by atoms with Crippen LogP contribution < -0.4 is 11.3 Å². The molecule has 0 aromatic carbocycles. The van der Waals surface area contributed by atoms with Gasteiger partial charge in [-0.2, -0.15) is 4.98 Å². The first-order chi connectivity index (χ1) is 10.1. The van der Waals surface area contributed by atoms with Gasteiger partial charge in [-0.1, -0.05) is 13.8 Å². The normalized spacial score (nSPS) is 34.9. The number of hydrogen-bond acceptors (Lipinski definition) is 6. The largest absolute Gasteiger partial charge is 0.370 e. The predicted molar refractivity (Wildman–Crippen MR) is 74.6 cm³/mol. The fourth-order valence-electron chi connectivity index (χ4n) is 3.44. The summed E-state index contributed by atoms with van der Waals surface area (Å²) in [5.41, 5.74) is 5.70. The minimum Gasteiger partial charge on any atom is -0.370 e. The van der Waals surface area contributed by atoms with E-state index in [0.717, 1.165) is 6.42 Å². The van der Waals surface area contributed by atoms with Crippen molar-refractivity contribution in [2.45, 2.75) is 38.2 Å². The molecule has 8 nitrogen and oxygen atoms in total. The van der Waals surface area contributed by atoms with Gasteiger partial charge in [-0.3, -0.25) is 14.3 Å². The minimum atomic E-state index is -0.349. The van der Waals surface area contributed by atoms with Gasteiger partial charge in [0.15, 0.2) is 17.4 Å². The van der Waals surface area contributed by atoms with Crippen molar-refractivity contribution in [3.8, 4) is 0 Å². The van der Waals surface area contributed by atoms with Crippen LogP contribution in [0.15, 0.2) is 11.1 Å². The molecule has 0 radical (unpaired) electrons. The molecule has 2 aliphatic heterocycles. The van der Waals surface area contributed by atoms with Crippen LogP contribution in [-0.2, 0) is 9.47 Å². The second kappa shape index (κ2) is 4.05. The summed E-state index contributed by atoms with van der Waals surface area (Å²) in [5, 5.41) is 0. The number of imidazole rings is 1. The SMILES string of the molecule is CC[C@@]12COC([C@H](n3cnc4c(=O)[nH]c(N)nc43)O1)[C@H]2C. The van der Waals surface area contributed by atoms with Crippen molar-refractivity contribution in [1.29, 1.82) is 0 Å². The Morgan fingerprint density at radius 3 is 3.14 bits per heavy atom. The van der Waals surface area contributed by atoms with Crippen LogP contribution in [0, 0.1) is 5.92 Å². The molecule has 4 atom stereocenters. The molecule has 4 rings (SSSR count). The third-order valence-corrected chi connectivity index (χ3v) is 4.80. The van der Waals surface area contributed by atoms with Crippen LogP contribution in [0.25, 0.3) is 11.2 Å². The number of H-pyrrole nitrogens is 1. The second-order valence-corrected chi connectivity index (χ2v) is 5.77. The zero-order valence-corrected chi connectivity index (χ0v) is 11.9. The Hall–Kier alpha value is -1.93. The summed E-state index contributed by atoms with van der Waals surface area (Å²) in [7, 11) is 0. The summed E-state index contributed by atoms with van der Waals surface area (Å²) in [5.74, 6) is 0.348. The van der Waals surface area contributed by atoms with Crippen LogP contribution in [0.3, 0.4) is 0 Å². The Morgan fingerprint density at radius 1 is 1.62 bits per heavy atom. The van der Waals surface area contributed by atoms with E-state index in [-0.39, 0.29) is 40.9 Å². The number of aromatic amines is 1. The Morgan fingerprint density at radius 2 is 2.43 bits per heavy atom. The van der Waals surface area contributed by atoms with Gasteiger partial charge in [0, 0.05) is 5.92 Å². The van der Waals surface area contributed by atoms with E-state index in [9.17, 15) is 4.79 Å². The molecule has 0 aliphatic carbocycles. The zero-order valence-electron chi connectivity index (χ0n) is 11.9. The molecule has 21 heavy (non-hydrogen) atoms. The molecule has 2 bridgehead atoms. The maximum absolute atomic E-state index is 11.8. The number of nitrogen functional groups attached to an aromatic ring is 1. The highest BCUT2D eigenvalue weighted by Crippen LogP contribution is 2.50. The van der Waals surface area contributed by atoms with E-state index in [2.05, 4.69) is 28.8 Å². The van der Waals surface area contributed by atoms with E-state index in [0.29, 0.717) is 12.3 Å². The third-order valence-electron chi connectivity index (χ3n) is 4.80. The van der Waals surface area contributed by atoms with E-state index in [1.807, 2.05) is 0 Å². The number of anilines is 1. The Kier molecular flexibility index (Phi) is 2.46. The van der Waals surface area contributed by atoms with E-state index in [1.54, 1.807) is 10.9 Å².